The Balaban J connectivity index is 1.65. The first-order valence-corrected chi connectivity index (χ1v) is 10.3. The number of hydrogen-bond donors (Lipinski definition) is 0. The highest BCUT2D eigenvalue weighted by Gasteiger charge is 2.29. The lowest BCUT2D eigenvalue weighted by Gasteiger charge is -2.35. The number of benzene rings is 3. The molecule has 31 heavy (non-hydrogen) atoms. The van der Waals surface area contributed by atoms with Gasteiger partial charge in [-0.15, -0.1) is 0 Å². The molecule has 0 amide bonds. The zero-order valence-electron chi connectivity index (χ0n) is 18.1. The molecule has 0 radical (unpaired) electrons. The van der Waals surface area contributed by atoms with Gasteiger partial charge in [-0.2, -0.15) is 0 Å². The van der Waals surface area contributed by atoms with Gasteiger partial charge in [0, 0.05) is 24.6 Å². The van der Waals surface area contributed by atoms with E-state index in [4.69, 9.17) is 14.2 Å². The van der Waals surface area contributed by atoms with Gasteiger partial charge in [-0.25, -0.2) is 0 Å². The van der Waals surface area contributed by atoms with Gasteiger partial charge in [0.2, 0.25) is 0 Å². The SMILES string of the molecule is COc1ccc(C(=O)CN2Cc3cc(OC)c(OC)cc3C(c3ccccc3)C2)cc1. The third-order valence-corrected chi connectivity index (χ3v) is 5.84. The molecule has 0 aromatic heterocycles. The van der Waals surface area contributed by atoms with Crippen molar-refractivity contribution in [1.29, 1.82) is 0 Å². The summed E-state index contributed by atoms with van der Waals surface area (Å²) >= 11 is 0. The molecule has 5 nitrogen and oxygen atoms in total. The van der Waals surface area contributed by atoms with Crippen LogP contribution in [0.4, 0.5) is 0 Å². The molecule has 0 N–H and O–H groups in total. The minimum atomic E-state index is 0.0957. The van der Waals surface area contributed by atoms with E-state index in [-0.39, 0.29) is 11.7 Å². The quantitative estimate of drug-likeness (QED) is 0.528. The zero-order chi connectivity index (χ0) is 21.8. The zero-order valence-corrected chi connectivity index (χ0v) is 18.1. The second-order valence-electron chi connectivity index (χ2n) is 7.69. The maximum absolute atomic E-state index is 13.0. The Morgan fingerprint density at radius 3 is 2.23 bits per heavy atom. The molecular formula is C26H27NO4. The summed E-state index contributed by atoms with van der Waals surface area (Å²) in [6.45, 7) is 1.79. The van der Waals surface area contributed by atoms with Gasteiger partial charge in [0.1, 0.15) is 5.75 Å². The smallest absolute Gasteiger partial charge is 0.176 e. The highest BCUT2D eigenvalue weighted by atomic mass is 16.5. The van der Waals surface area contributed by atoms with E-state index in [1.54, 1.807) is 21.3 Å². The van der Waals surface area contributed by atoms with Gasteiger partial charge >= 0.3 is 0 Å². The second kappa shape index (κ2) is 9.23. The Morgan fingerprint density at radius 1 is 0.903 bits per heavy atom. The van der Waals surface area contributed by atoms with E-state index in [0.717, 1.165) is 23.6 Å². The van der Waals surface area contributed by atoms with Gasteiger partial charge in [-0.05, 0) is 53.1 Å². The van der Waals surface area contributed by atoms with Crippen molar-refractivity contribution in [3.05, 3.63) is 89.0 Å². The maximum Gasteiger partial charge on any atom is 0.176 e. The first-order chi connectivity index (χ1) is 15.1. The third kappa shape index (κ3) is 4.42. The summed E-state index contributed by atoms with van der Waals surface area (Å²) in [6.07, 6.45) is 0. The lowest BCUT2D eigenvalue weighted by Crippen LogP contribution is -2.37. The Morgan fingerprint density at radius 2 is 1.58 bits per heavy atom. The van der Waals surface area contributed by atoms with Gasteiger partial charge in [0.05, 0.1) is 27.9 Å². The molecule has 1 heterocycles. The average Bonchev–Trinajstić information content (AvgIpc) is 2.83. The van der Waals surface area contributed by atoms with E-state index in [1.165, 1.54) is 11.1 Å². The third-order valence-electron chi connectivity index (χ3n) is 5.84. The molecule has 1 atom stereocenters. The molecule has 4 rings (SSSR count). The highest BCUT2D eigenvalue weighted by Crippen LogP contribution is 2.40. The average molecular weight is 418 g/mol. The van der Waals surface area contributed by atoms with E-state index in [1.807, 2.05) is 36.4 Å². The van der Waals surface area contributed by atoms with Crippen molar-refractivity contribution >= 4 is 5.78 Å². The number of carbonyl (C=O) groups excluding carboxylic acids is 1. The first kappa shape index (κ1) is 20.9. The van der Waals surface area contributed by atoms with Crippen molar-refractivity contribution in [2.24, 2.45) is 0 Å². The standard InChI is InChI=1S/C26H27NO4/c1-29-21-11-9-19(10-12-21)24(28)17-27-15-20-13-25(30-2)26(31-3)14-22(20)23(16-27)18-7-5-4-6-8-18/h4-14,23H,15-17H2,1-3H3. The number of nitrogens with zero attached hydrogens (tertiary/aromatic N) is 1. The summed E-state index contributed by atoms with van der Waals surface area (Å²) in [5.41, 5.74) is 4.28. The molecule has 0 aliphatic carbocycles. The van der Waals surface area contributed by atoms with E-state index in [2.05, 4.69) is 35.2 Å². The van der Waals surface area contributed by atoms with Crippen LogP contribution in [0.5, 0.6) is 17.2 Å². The Hall–Kier alpha value is -3.31. The predicted molar refractivity (Wildman–Crippen MR) is 120 cm³/mol. The highest BCUT2D eigenvalue weighted by molar-refractivity contribution is 5.97. The van der Waals surface area contributed by atoms with Crippen molar-refractivity contribution in [2.75, 3.05) is 34.4 Å². The lowest BCUT2D eigenvalue weighted by molar-refractivity contribution is 0.0917. The molecule has 0 saturated heterocycles. The number of methoxy groups -OCH3 is 3. The molecule has 0 spiro atoms. The molecule has 3 aromatic rings. The molecule has 3 aromatic carbocycles. The van der Waals surface area contributed by atoms with Crippen LogP contribution in [0.1, 0.15) is 33.0 Å². The minimum Gasteiger partial charge on any atom is -0.497 e. The Bertz CT molecular complexity index is 1050. The van der Waals surface area contributed by atoms with Crippen molar-refractivity contribution in [3.63, 3.8) is 0 Å². The monoisotopic (exact) mass is 417 g/mol. The van der Waals surface area contributed by atoms with Crippen LogP contribution in [0.15, 0.2) is 66.7 Å². The molecule has 160 valence electrons. The van der Waals surface area contributed by atoms with Crippen LogP contribution < -0.4 is 14.2 Å². The summed E-state index contributed by atoms with van der Waals surface area (Å²) in [7, 11) is 4.92. The van der Waals surface area contributed by atoms with Gasteiger partial charge in [-0.3, -0.25) is 9.69 Å². The van der Waals surface area contributed by atoms with Crippen molar-refractivity contribution in [3.8, 4) is 17.2 Å². The first-order valence-electron chi connectivity index (χ1n) is 10.3. The molecule has 1 aliphatic heterocycles. The number of ether oxygens (including phenoxy) is 3. The fourth-order valence-corrected chi connectivity index (χ4v) is 4.22. The summed E-state index contributed by atoms with van der Waals surface area (Å²) < 4.78 is 16.3. The van der Waals surface area contributed by atoms with Crippen LogP contribution in [0.3, 0.4) is 0 Å². The van der Waals surface area contributed by atoms with Crippen molar-refractivity contribution < 1.29 is 19.0 Å². The van der Waals surface area contributed by atoms with E-state index in [0.29, 0.717) is 24.4 Å². The lowest BCUT2D eigenvalue weighted by atomic mass is 9.84. The molecule has 0 bridgehead atoms. The van der Waals surface area contributed by atoms with Gasteiger partial charge < -0.3 is 14.2 Å². The normalized spacial score (nSPS) is 15.8. The molecule has 1 aliphatic rings. The number of fused-ring (bicyclic) bond motifs is 1. The largest absolute Gasteiger partial charge is 0.497 e. The van der Waals surface area contributed by atoms with Crippen LogP contribution in [-0.2, 0) is 6.54 Å². The minimum absolute atomic E-state index is 0.0957. The fourth-order valence-electron chi connectivity index (χ4n) is 4.22. The summed E-state index contributed by atoms with van der Waals surface area (Å²) in [6, 6.07) is 21.8. The van der Waals surface area contributed by atoms with Gasteiger partial charge in [-0.1, -0.05) is 30.3 Å². The molecule has 1 unspecified atom stereocenters. The summed E-state index contributed by atoms with van der Waals surface area (Å²) in [4.78, 5) is 15.2. The molecule has 0 saturated carbocycles. The molecular weight excluding hydrogens is 390 g/mol. The van der Waals surface area contributed by atoms with Crippen molar-refractivity contribution in [1.82, 2.24) is 4.90 Å². The number of carbonyl (C=O) groups is 1. The predicted octanol–water partition coefficient (Wildman–Crippen LogP) is 4.54. The number of hydrogen-bond acceptors (Lipinski definition) is 5. The number of Topliss-reactive ketones (excluding diaryl/α,β-unsaturated/α-hetero) is 1. The van der Waals surface area contributed by atoms with Crippen LogP contribution in [0.25, 0.3) is 0 Å². The van der Waals surface area contributed by atoms with Crippen LogP contribution >= 0.6 is 0 Å². The van der Waals surface area contributed by atoms with Crippen molar-refractivity contribution in [2.45, 2.75) is 12.5 Å². The van der Waals surface area contributed by atoms with Gasteiger partial charge in [0.25, 0.3) is 0 Å². The van der Waals surface area contributed by atoms with E-state index >= 15 is 0 Å². The second-order valence-corrected chi connectivity index (χ2v) is 7.69. The van der Waals surface area contributed by atoms with Gasteiger partial charge in [0.15, 0.2) is 17.3 Å². The summed E-state index contributed by atoms with van der Waals surface area (Å²) in [5, 5.41) is 0. The van der Waals surface area contributed by atoms with Crippen LogP contribution in [0.2, 0.25) is 0 Å². The maximum atomic E-state index is 13.0. The van der Waals surface area contributed by atoms with Crippen LogP contribution in [-0.4, -0.2) is 45.1 Å². The Labute approximate surface area is 183 Å². The van der Waals surface area contributed by atoms with E-state index in [9.17, 15) is 4.79 Å². The Kier molecular flexibility index (Phi) is 6.23. The van der Waals surface area contributed by atoms with Crippen LogP contribution in [0, 0.1) is 0 Å². The van der Waals surface area contributed by atoms with E-state index < -0.39 is 0 Å². The summed E-state index contributed by atoms with van der Waals surface area (Å²) in [5.74, 6) is 2.42. The fraction of sp³-hybridized carbons (Fsp3) is 0.269. The molecule has 5 heteroatoms. The molecule has 0 fully saturated rings. The number of ketones is 1. The number of rotatable bonds is 7. The topological polar surface area (TPSA) is 48.0 Å².